The van der Waals surface area contributed by atoms with E-state index < -0.39 is 0 Å². The van der Waals surface area contributed by atoms with E-state index in [1.54, 1.807) is 29.2 Å². The summed E-state index contributed by atoms with van der Waals surface area (Å²) in [5, 5.41) is 3.83. The van der Waals surface area contributed by atoms with Gasteiger partial charge in [0, 0.05) is 23.6 Å². The number of anilines is 2. The van der Waals surface area contributed by atoms with Gasteiger partial charge in [-0.05, 0) is 31.2 Å². The van der Waals surface area contributed by atoms with Gasteiger partial charge in [0.25, 0.3) is 5.22 Å². The zero-order valence-electron chi connectivity index (χ0n) is 14.4. The van der Waals surface area contributed by atoms with Crippen molar-refractivity contribution in [3.8, 4) is 0 Å². The summed E-state index contributed by atoms with van der Waals surface area (Å²) in [5.74, 6) is -0.0709. The zero-order chi connectivity index (χ0) is 19.0. The highest BCUT2D eigenvalue weighted by molar-refractivity contribution is 7.99. The molecule has 0 unspecified atom stereocenters. The van der Waals surface area contributed by atoms with E-state index >= 15 is 0 Å². The fourth-order valence-corrected chi connectivity index (χ4v) is 3.96. The number of halogens is 1. The van der Waals surface area contributed by atoms with E-state index in [2.05, 4.69) is 10.3 Å². The number of aromatic nitrogens is 1. The van der Waals surface area contributed by atoms with Gasteiger partial charge < -0.3 is 14.6 Å². The SMILES string of the molecule is C[C@@H]1CC(=O)Nc2ccccc2N1C(=O)CSc1nc2ccc(Cl)cc2o1. The number of nitrogens with zero attached hydrogens (tertiary/aromatic N) is 2. The van der Waals surface area contributed by atoms with E-state index in [4.69, 9.17) is 16.0 Å². The van der Waals surface area contributed by atoms with Crippen molar-refractivity contribution in [1.29, 1.82) is 0 Å². The van der Waals surface area contributed by atoms with Gasteiger partial charge >= 0.3 is 0 Å². The van der Waals surface area contributed by atoms with Crippen LogP contribution in [0.1, 0.15) is 13.3 Å². The van der Waals surface area contributed by atoms with E-state index in [-0.39, 0.29) is 30.0 Å². The number of hydrogen-bond donors (Lipinski definition) is 1. The van der Waals surface area contributed by atoms with E-state index in [0.717, 1.165) is 0 Å². The molecule has 8 heteroatoms. The molecule has 1 aromatic heterocycles. The van der Waals surface area contributed by atoms with Gasteiger partial charge in [0.05, 0.1) is 17.1 Å². The van der Waals surface area contributed by atoms with Crippen LogP contribution in [0, 0.1) is 0 Å². The second-order valence-corrected chi connectivity index (χ2v) is 7.63. The number of benzene rings is 2. The van der Waals surface area contributed by atoms with Crippen molar-refractivity contribution in [2.45, 2.75) is 24.6 Å². The molecule has 2 heterocycles. The number of amides is 2. The van der Waals surface area contributed by atoms with Crippen LogP contribution in [0.5, 0.6) is 0 Å². The standard InChI is InChI=1S/C19H16ClN3O3S/c1-11-8-17(24)21-13-4-2-3-5-15(13)23(11)18(25)10-27-19-22-14-7-6-12(20)9-16(14)26-19/h2-7,9,11H,8,10H2,1H3,(H,21,24)/t11-/m1/s1. The zero-order valence-corrected chi connectivity index (χ0v) is 16.0. The summed E-state index contributed by atoms with van der Waals surface area (Å²) in [5.41, 5.74) is 2.62. The molecule has 27 heavy (non-hydrogen) atoms. The molecule has 0 saturated heterocycles. The van der Waals surface area contributed by atoms with E-state index in [1.807, 2.05) is 25.1 Å². The first-order valence-electron chi connectivity index (χ1n) is 8.41. The lowest BCUT2D eigenvalue weighted by atomic mass is 10.2. The average Bonchev–Trinajstić information content (AvgIpc) is 2.97. The fourth-order valence-electron chi connectivity index (χ4n) is 3.10. The van der Waals surface area contributed by atoms with Gasteiger partial charge in [-0.15, -0.1) is 0 Å². The maximum atomic E-state index is 12.9. The minimum atomic E-state index is -0.246. The molecule has 0 spiro atoms. The van der Waals surface area contributed by atoms with Crippen LogP contribution in [0.4, 0.5) is 11.4 Å². The van der Waals surface area contributed by atoms with Crippen molar-refractivity contribution < 1.29 is 14.0 Å². The Morgan fingerprint density at radius 3 is 3.04 bits per heavy atom. The van der Waals surface area contributed by atoms with Crippen molar-refractivity contribution in [2.24, 2.45) is 0 Å². The quantitative estimate of drug-likeness (QED) is 0.661. The second-order valence-electron chi connectivity index (χ2n) is 6.26. The van der Waals surface area contributed by atoms with E-state index in [9.17, 15) is 9.59 Å². The number of oxazole rings is 1. The molecule has 1 aliphatic heterocycles. The Kier molecular flexibility index (Phi) is 4.80. The van der Waals surface area contributed by atoms with Crippen LogP contribution in [0.25, 0.3) is 11.1 Å². The molecule has 4 rings (SSSR count). The van der Waals surface area contributed by atoms with Crippen LogP contribution < -0.4 is 10.2 Å². The third kappa shape index (κ3) is 3.65. The third-order valence-electron chi connectivity index (χ3n) is 4.28. The molecule has 0 fully saturated rings. The van der Waals surface area contributed by atoms with Gasteiger partial charge in [0.15, 0.2) is 5.58 Å². The van der Waals surface area contributed by atoms with Crippen molar-refractivity contribution in [3.63, 3.8) is 0 Å². The van der Waals surface area contributed by atoms with Gasteiger partial charge in [-0.25, -0.2) is 4.98 Å². The summed E-state index contributed by atoms with van der Waals surface area (Å²) in [4.78, 5) is 31.0. The highest BCUT2D eigenvalue weighted by atomic mass is 35.5. The normalized spacial score (nSPS) is 16.7. The minimum Gasteiger partial charge on any atom is -0.431 e. The van der Waals surface area contributed by atoms with Gasteiger partial charge in [0.2, 0.25) is 11.8 Å². The molecule has 6 nitrogen and oxygen atoms in total. The summed E-state index contributed by atoms with van der Waals surface area (Å²) in [7, 11) is 0. The summed E-state index contributed by atoms with van der Waals surface area (Å²) >= 11 is 7.18. The van der Waals surface area contributed by atoms with Crippen molar-refractivity contribution >= 4 is 57.7 Å². The number of nitrogens with one attached hydrogen (secondary N) is 1. The van der Waals surface area contributed by atoms with Crippen LogP contribution in [-0.4, -0.2) is 28.6 Å². The summed E-state index contributed by atoms with van der Waals surface area (Å²) in [6, 6.07) is 12.3. The Morgan fingerprint density at radius 1 is 1.37 bits per heavy atom. The highest BCUT2D eigenvalue weighted by Crippen LogP contribution is 2.32. The smallest absolute Gasteiger partial charge is 0.257 e. The van der Waals surface area contributed by atoms with Crippen LogP contribution in [0.2, 0.25) is 5.02 Å². The number of carbonyl (C=O) groups excluding carboxylic acids is 2. The molecule has 2 aromatic carbocycles. The molecule has 2 amide bonds. The summed E-state index contributed by atoms with van der Waals surface area (Å²) in [6.07, 6.45) is 0.243. The maximum Gasteiger partial charge on any atom is 0.257 e. The lowest BCUT2D eigenvalue weighted by molar-refractivity contribution is -0.117. The molecule has 1 N–H and O–H groups in total. The third-order valence-corrected chi connectivity index (χ3v) is 5.33. The number of rotatable bonds is 3. The summed E-state index contributed by atoms with van der Waals surface area (Å²) in [6.45, 7) is 1.87. The molecule has 0 radical (unpaired) electrons. The van der Waals surface area contributed by atoms with Gasteiger partial charge in [0.1, 0.15) is 5.52 Å². The molecular weight excluding hydrogens is 386 g/mol. The van der Waals surface area contributed by atoms with Crippen LogP contribution >= 0.6 is 23.4 Å². The predicted molar refractivity (Wildman–Crippen MR) is 106 cm³/mol. The first-order chi connectivity index (χ1) is 13.0. The predicted octanol–water partition coefficient (Wildman–Crippen LogP) is 4.34. The lowest BCUT2D eigenvalue weighted by Crippen LogP contribution is -2.40. The minimum absolute atomic E-state index is 0.103. The molecule has 0 aliphatic carbocycles. The largest absolute Gasteiger partial charge is 0.431 e. The lowest BCUT2D eigenvalue weighted by Gasteiger charge is -2.27. The monoisotopic (exact) mass is 401 g/mol. The summed E-state index contributed by atoms with van der Waals surface area (Å²) < 4.78 is 5.65. The van der Waals surface area contributed by atoms with Crippen LogP contribution in [0.3, 0.4) is 0 Å². The number of thioether (sulfide) groups is 1. The Balaban J connectivity index is 1.55. The Bertz CT molecular complexity index is 1040. The van der Waals surface area contributed by atoms with Gasteiger partial charge in [-0.1, -0.05) is 35.5 Å². The molecular formula is C19H16ClN3O3S. The van der Waals surface area contributed by atoms with Crippen molar-refractivity contribution in [2.75, 3.05) is 16.0 Å². The highest BCUT2D eigenvalue weighted by Gasteiger charge is 2.29. The van der Waals surface area contributed by atoms with E-state index in [0.29, 0.717) is 32.7 Å². The fraction of sp³-hybridized carbons (Fsp3) is 0.211. The average molecular weight is 402 g/mol. The van der Waals surface area contributed by atoms with Gasteiger partial charge in [-0.3, -0.25) is 9.59 Å². The molecule has 3 aromatic rings. The maximum absolute atomic E-state index is 12.9. The van der Waals surface area contributed by atoms with Gasteiger partial charge in [-0.2, -0.15) is 0 Å². The van der Waals surface area contributed by atoms with Crippen LogP contribution in [0.15, 0.2) is 52.1 Å². The molecule has 0 bridgehead atoms. The van der Waals surface area contributed by atoms with Crippen LogP contribution in [-0.2, 0) is 9.59 Å². The Hall–Kier alpha value is -2.51. The Labute approximate surface area is 164 Å². The number of carbonyl (C=O) groups is 2. The number of fused-ring (bicyclic) bond motifs is 2. The topological polar surface area (TPSA) is 75.4 Å². The number of hydrogen-bond acceptors (Lipinski definition) is 5. The van der Waals surface area contributed by atoms with E-state index in [1.165, 1.54) is 11.8 Å². The second kappa shape index (κ2) is 7.25. The molecule has 0 saturated carbocycles. The first-order valence-corrected chi connectivity index (χ1v) is 9.77. The first kappa shape index (κ1) is 17.9. The molecule has 1 atom stereocenters. The molecule has 138 valence electrons. The molecule has 1 aliphatic rings. The van der Waals surface area contributed by atoms with Crippen molar-refractivity contribution in [3.05, 3.63) is 47.5 Å². The number of para-hydroxylation sites is 2. The Morgan fingerprint density at radius 2 is 2.19 bits per heavy atom. The van der Waals surface area contributed by atoms with Crippen molar-refractivity contribution in [1.82, 2.24) is 4.98 Å².